The molecule has 5 heteroatoms. The summed E-state index contributed by atoms with van der Waals surface area (Å²) in [7, 11) is 0. The fourth-order valence-corrected chi connectivity index (χ4v) is 4.62. The number of hydrogen-bond donors (Lipinski definition) is 1. The molecule has 1 aliphatic heterocycles. The Morgan fingerprint density at radius 1 is 1.23 bits per heavy atom. The second-order valence-electron chi connectivity index (χ2n) is 8.26. The number of nitrogens with zero attached hydrogens (tertiary/aromatic N) is 2. The molecule has 0 spiro atoms. The first kappa shape index (κ1) is 20.6. The van der Waals surface area contributed by atoms with E-state index >= 15 is 0 Å². The summed E-state index contributed by atoms with van der Waals surface area (Å²) in [6.45, 7) is 9.93. The Morgan fingerprint density at radius 2 is 2.00 bits per heavy atom. The number of phenols is 1. The molecule has 0 aliphatic carbocycles. The summed E-state index contributed by atoms with van der Waals surface area (Å²) in [6, 6.07) is 16.6. The molecule has 1 aromatic heterocycles. The molecule has 2 aromatic carbocycles. The maximum Gasteiger partial charge on any atom is 0.336 e. The summed E-state index contributed by atoms with van der Waals surface area (Å²) in [6.07, 6.45) is 1.12. The van der Waals surface area contributed by atoms with Crippen molar-refractivity contribution in [2.24, 2.45) is 0 Å². The number of likely N-dealkylation sites (tertiary alicyclic amines) is 1. The van der Waals surface area contributed by atoms with Crippen LogP contribution >= 0.6 is 0 Å². The number of aromatic hydroxyl groups is 1. The zero-order chi connectivity index (χ0) is 21.3. The molecule has 3 aromatic rings. The van der Waals surface area contributed by atoms with Crippen molar-refractivity contribution in [3.63, 3.8) is 0 Å². The van der Waals surface area contributed by atoms with E-state index in [1.54, 1.807) is 19.1 Å². The van der Waals surface area contributed by atoms with Gasteiger partial charge < -0.3 is 9.52 Å². The molecular formula is C25H30N2O3. The molecule has 1 saturated heterocycles. The van der Waals surface area contributed by atoms with Gasteiger partial charge >= 0.3 is 5.63 Å². The highest BCUT2D eigenvalue weighted by atomic mass is 16.4. The van der Waals surface area contributed by atoms with E-state index < -0.39 is 0 Å². The maximum atomic E-state index is 12.2. The Labute approximate surface area is 177 Å². The van der Waals surface area contributed by atoms with Crippen LogP contribution in [-0.4, -0.2) is 40.6 Å². The molecule has 0 amide bonds. The van der Waals surface area contributed by atoms with Gasteiger partial charge in [0.05, 0.1) is 0 Å². The van der Waals surface area contributed by atoms with Crippen LogP contribution in [-0.2, 0) is 6.54 Å². The number of benzene rings is 2. The van der Waals surface area contributed by atoms with Gasteiger partial charge in [-0.1, -0.05) is 37.3 Å². The first-order chi connectivity index (χ1) is 14.5. The first-order valence-corrected chi connectivity index (χ1v) is 10.8. The van der Waals surface area contributed by atoms with Crippen LogP contribution in [0.25, 0.3) is 11.0 Å². The number of phenolic OH excluding ortho intramolecular Hbond substituents is 1. The smallest absolute Gasteiger partial charge is 0.336 e. The third-order valence-corrected chi connectivity index (χ3v) is 6.54. The highest BCUT2D eigenvalue weighted by molar-refractivity contribution is 5.84. The van der Waals surface area contributed by atoms with Gasteiger partial charge in [0, 0.05) is 48.7 Å². The number of fused-ring (bicyclic) bond motifs is 1. The standard InChI is InChI=1S/C25H30N2O3/c1-4-26(21-12-13-27(16-21)18(3)19-8-6-5-7-9-19)15-20-14-24(29)30-25-17(2)23(28)11-10-22(20)25/h5-11,14,18,21,28H,4,12-13,15-16H2,1-3H3. The van der Waals surface area contributed by atoms with Gasteiger partial charge in [0.25, 0.3) is 0 Å². The van der Waals surface area contributed by atoms with Gasteiger partial charge in [-0.3, -0.25) is 9.80 Å². The Balaban J connectivity index is 1.55. The van der Waals surface area contributed by atoms with E-state index in [-0.39, 0.29) is 11.4 Å². The minimum atomic E-state index is -0.368. The van der Waals surface area contributed by atoms with E-state index in [9.17, 15) is 9.90 Å². The minimum absolute atomic E-state index is 0.150. The Kier molecular flexibility index (Phi) is 5.93. The van der Waals surface area contributed by atoms with Crippen molar-refractivity contribution >= 4 is 11.0 Å². The number of likely N-dealkylation sites (N-methyl/N-ethyl adjacent to an activating group) is 1. The fraction of sp³-hybridized carbons (Fsp3) is 0.400. The van der Waals surface area contributed by atoms with Crippen molar-refractivity contribution in [1.82, 2.24) is 9.80 Å². The zero-order valence-electron chi connectivity index (χ0n) is 18.0. The molecule has 0 bridgehead atoms. The van der Waals surface area contributed by atoms with Gasteiger partial charge in [0.15, 0.2) is 0 Å². The molecule has 158 valence electrons. The second-order valence-corrected chi connectivity index (χ2v) is 8.26. The SMILES string of the molecule is CCN(Cc1cc(=O)oc2c(C)c(O)ccc12)C1CCN(C(C)c2ccccc2)C1. The Morgan fingerprint density at radius 3 is 2.73 bits per heavy atom. The maximum absolute atomic E-state index is 12.2. The van der Waals surface area contributed by atoms with Gasteiger partial charge in [0.1, 0.15) is 11.3 Å². The molecule has 0 saturated carbocycles. The van der Waals surface area contributed by atoms with Crippen LogP contribution in [0.3, 0.4) is 0 Å². The molecule has 2 heterocycles. The third kappa shape index (κ3) is 4.00. The topological polar surface area (TPSA) is 56.9 Å². The molecule has 2 atom stereocenters. The zero-order valence-corrected chi connectivity index (χ0v) is 18.0. The number of aryl methyl sites for hydroxylation is 1. The summed E-state index contributed by atoms with van der Waals surface area (Å²) in [5.41, 5.74) is 3.04. The first-order valence-electron chi connectivity index (χ1n) is 10.8. The van der Waals surface area contributed by atoms with Crippen molar-refractivity contribution in [3.05, 3.63) is 75.6 Å². The summed E-state index contributed by atoms with van der Waals surface area (Å²) in [4.78, 5) is 17.2. The van der Waals surface area contributed by atoms with Crippen LogP contribution in [0, 0.1) is 6.92 Å². The number of hydrogen-bond acceptors (Lipinski definition) is 5. The number of rotatable bonds is 6. The van der Waals surface area contributed by atoms with Crippen LogP contribution in [0.2, 0.25) is 0 Å². The molecular weight excluding hydrogens is 376 g/mol. The predicted octanol–water partition coefficient (Wildman–Crippen LogP) is 4.46. The van der Waals surface area contributed by atoms with Gasteiger partial charge in [0.2, 0.25) is 0 Å². The molecule has 5 nitrogen and oxygen atoms in total. The van der Waals surface area contributed by atoms with Crippen molar-refractivity contribution in [2.45, 2.75) is 45.8 Å². The van der Waals surface area contributed by atoms with Crippen molar-refractivity contribution in [1.29, 1.82) is 0 Å². The predicted molar refractivity (Wildman–Crippen MR) is 120 cm³/mol. The Bertz CT molecular complexity index is 1080. The summed E-state index contributed by atoms with van der Waals surface area (Å²) < 4.78 is 5.41. The molecule has 2 unspecified atom stereocenters. The average molecular weight is 407 g/mol. The largest absolute Gasteiger partial charge is 0.508 e. The fourth-order valence-electron chi connectivity index (χ4n) is 4.62. The summed E-state index contributed by atoms with van der Waals surface area (Å²) >= 11 is 0. The van der Waals surface area contributed by atoms with Crippen LogP contribution < -0.4 is 5.63 Å². The van der Waals surface area contributed by atoms with E-state index in [0.29, 0.717) is 29.8 Å². The van der Waals surface area contributed by atoms with Crippen molar-refractivity contribution in [3.8, 4) is 5.75 Å². The third-order valence-electron chi connectivity index (χ3n) is 6.54. The van der Waals surface area contributed by atoms with Gasteiger partial charge in [-0.2, -0.15) is 0 Å². The van der Waals surface area contributed by atoms with Crippen molar-refractivity contribution < 1.29 is 9.52 Å². The van der Waals surface area contributed by atoms with E-state index in [1.165, 1.54) is 5.56 Å². The lowest BCUT2D eigenvalue weighted by atomic mass is 10.0. The lowest BCUT2D eigenvalue weighted by Crippen LogP contribution is -2.37. The van der Waals surface area contributed by atoms with Crippen LogP contribution in [0.15, 0.2) is 57.7 Å². The van der Waals surface area contributed by atoms with Gasteiger partial charge in [-0.15, -0.1) is 0 Å². The van der Waals surface area contributed by atoms with E-state index in [0.717, 1.165) is 37.0 Å². The minimum Gasteiger partial charge on any atom is -0.508 e. The average Bonchev–Trinajstić information content (AvgIpc) is 3.25. The molecule has 1 aliphatic rings. The molecule has 30 heavy (non-hydrogen) atoms. The Hall–Kier alpha value is -2.63. The normalized spacial score (nSPS) is 18.3. The highest BCUT2D eigenvalue weighted by Crippen LogP contribution is 2.30. The molecule has 1 N–H and O–H groups in total. The molecule has 4 rings (SSSR count). The van der Waals surface area contributed by atoms with Crippen LogP contribution in [0.5, 0.6) is 5.75 Å². The molecule has 1 fully saturated rings. The summed E-state index contributed by atoms with van der Waals surface area (Å²) in [5.74, 6) is 0.150. The summed E-state index contributed by atoms with van der Waals surface area (Å²) in [5, 5.41) is 10.9. The van der Waals surface area contributed by atoms with Crippen LogP contribution in [0.4, 0.5) is 0 Å². The lowest BCUT2D eigenvalue weighted by Gasteiger charge is -2.30. The van der Waals surface area contributed by atoms with E-state index in [2.05, 4.69) is 54.0 Å². The molecule has 0 radical (unpaired) electrons. The van der Waals surface area contributed by atoms with Gasteiger partial charge in [-0.05, 0) is 50.1 Å². The van der Waals surface area contributed by atoms with Crippen LogP contribution in [0.1, 0.15) is 43.0 Å². The van der Waals surface area contributed by atoms with Crippen molar-refractivity contribution in [2.75, 3.05) is 19.6 Å². The van der Waals surface area contributed by atoms with Gasteiger partial charge in [-0.25, -0.2) is 4.79 Å². The van der Waals surface area contributed by atoms with E-state index in [4.69, 9.17) is 4.42 Å². The second kappa shape index (κ2) is 8.62. The van der Waals surface area contributed by atoms with E-state index in [1.807, 2.05) is 6.07 Å². The lowest BCUT2D eigenvalue weighted by molar-refractivity contribution is 0.180. The highest BCUT2D eigenvalue weighted by Gasteiger charge is 2.30. The quantitative estimate of drug-likeness (QED) is 0.613. The monoisotopic (exact) mass is 406 g/mol.